The number of aliphatic hydroxyl groups excluding tert-OH is 1. The predicted molar refractivity (Wildman–Crippen MR) is 60.0 cm³/mol. The van der Waals surface area contributed by atoms with Crippen molar-refractivity contribution in [3.63, 3.8) is 0 Å². The molecule has 1 fully saturated rings. The average molecular weight is 227 g/mol. The third kappa shape index (κ3) is 3.00. The maximum Gasteiger partial charge on any atom is 0.0900 e. The summed E-state index contributed by atoms with van der Waals surface area (Å²) in [6, 6.07) is 0. The van der Waals surface area contributed by atoms with Gasteiger partial charge in [0.05, 0.1) is 16.0 Å². The first-order valence-corrected chi connectivity index (χ1v) is 6.25. The Morgan fingerprint density at radius 3 is 2.93 bits per heavy atom. The highest BCUT2D eigenvalue weighted by atomic mass is 32.1. The Morgan fingerprint density at radius 1 is 1.60 bits per heavy atom. The van der Waals surface area contributed by atoms with Gasteiger partial charge in [-0.05, 0) is 32.1 Å². The summed E-state index contributed by atoms with van der Waals surface area (Å²) in [5, 5.41) is 11.0. The molecule has 2 rings (SSSR count). The van der Waals surface area contributed by atoms with Crippen molar-refractivity contribution in [1.82, 2.24) is 4.98 Å². The quantitative estimate of drug-likeness (QED) is 0.861. The summed E-state index contributed by atoms with van der Waals surface area (Å²) in [4.78, 5) is 5.16. The van der Waals surface area contributed by atoms with Crippen LogP contribution in [-0.4, -0.2) is 23.3 Å². The lowest BCUT2D eigenvalue weighted by Gasteiger charge is -2.23. The molecule has 15 heavy (non-hydrogen) atoms. The number of aromatic nitrogens is 1. The Kier molecular flexibility index (Phi) is 3.72. The number of thiazole rings is 1. The number of rotatable bonds is 3. The van der Waals surface area contributed by atoms with Gasteiger partial charge in [-0.1, -0.05) is 0 Å². The van der Waals surface area contributed by atoms with Crippen molar-refractivity contribution in [2.24, 2.45) is 5.92 Å². The van der Waals surface area contributed by atoms with Gasteiger partial charge in [0.25, 0.3) is 0 Å². The Labute approximate surface area is 94.1 Å². The molecule has 1 aromatic rings. The number of aryl methyl sites for hydroxylation is 1. The van der Waals surface area contributed by atoms with Crippen LogP contribution in [0.3, 0.4) is 0 Å². The first-order valence-electron chi connectivity index (χ1n) is 5.44. The van der Waals surface area contributed by atoms with E-state index in [0.717, 1.165) is 42.4 Å². The number of hydrogen-bond donors (Lipinski definition) is 1. The molecule has 1 atom stereocenters. The van der Waals surface area contributed by atoms with Crippen molar-refractivity contribution in [3.8, 4) is 0 Å². The second-order valence-corrected chi connectivity index (χ2v) is 5.36. The molecule has 0 radical (unpaired) electrons. The SMILES string of the molecule is Cc1ncc(C(O)CC2CCOCC2)s1. The molecule has 0 aliphatic carbocycles. The fourth-order valence-electron chi connectivity index (χ4n) is 1.95. The van der Waals surface area contributed by atoms with Crippen LogP contribution in [0.25, 0.3) is 0 Å². The summed E-state index contributed by atoms with van der Waals surface area (Å²) in [7, 11) is 0. The molecule has 1 N–H and O–H groups in total. The van der Waals surface area contributed by atoms with E-state index in [1.807, 2.05) is 6.92 Å². The molecule has 3 nitrogen and oxygen atoms in total. The molecule has 1 aromatic heterocycles. The van der Waals surface area contributed by atoms with Gasteiger partial charge in [-0.2, -0.15) is 0 Å². The summed E-state index contributed by atoms with van der Waals surface area (Å²) in [6.07, 6.45) is 4.47. The topological polar surface area (TPSA) is 42.4 Å². The van der Waals surface area contributed by atoms with E-state index in [9.17, 15) is 5.11 Å². The Hall–Kier alpha value is -0.450. The molecule has 1 aliphatic heterocycles. The third-order valence-electron chi connectivity index (χ3n) is 2.87. The van der Waals surface area contributed by atoms with E-state index in [2.05, 4.69) is 4.98 Å². The second-order valence-electron chi connectivity index (χ2n) is 4.09. The van der Waals surface area contributed by atoms with Crippen molar-refractivity contribution in [2.75, 3.05) is 13.2 Å². The largest absolute Gasteiger partial charge is 0.388 e. The van der Waals surface area contributed by atoms with E-state index in [4.69, 9.17) is 4.74 Å². The van der Waals surface area contributed by atoms with Crippen LogP contribution in [0.15, 0.2) is 6.20 Å². The fraction of sp³-hybridized carbons (Fsp3) is 0.727. The van der Waals surface area contributed by atoms with Crippen molar-refractivity contribution in [2.45, 2.75) is 32.3 Å². The minimum Gasteiger partial charge on any atom is -0.388 e. The Balaban J connectivity index is 1.88. The van der Waals surface area contributed by atoms with Crippen LogP contribution in [0.2, 0.25) is 0 Å². The first-order chi connectivity index (χ1) is 7.25. The first kappa shape index (κ1) is 11.0. The van der Waals surface area contributed by atoms with Crippen molar-refractivity contribution in [1.29, 1.82) is 0 Å². The van der Waals surface area contributed by atoms with E-state index in [1.54, 1.807) is 17.5 Å². The van der Waals surface area contributed by atoms with E-state index in [0.29, 0.717) is 5.92 Å². The molecule has 0 aromatic carbocycles. The van der Waals surface area contributed by atoms with Gasteiger partial charge in [-0.25, -0.2) is 4.98 Å². The number of aliphatic hydroxyl groups is 1. The highest BCUT2D eigenvalue weighted by molar-refractivity contribution is 7.11. The van der Waals surface area contributed by atoms with E-state index in [1.165, 1.54) is 0 Å². The zero-order valence-electron chi connectivity index (χ0n) is 8.98. The lowest BCUT2D eigenvalue weighted by molar-refractivity contribution is 0.0441. The van der Waals surface area contributed by atoms with Crippen LogP contribution in [0.4, 0.5) is 0 Å². The highest BCUT2D eigenvalue weighted by Gasteiger charge is 2.19. The number of ether oxygens (including phenoxy) is 1. The van der Waals surface area contributed by atoms with Gasteiger partial charge in [0.1, 0.15) is 0 Å². The summed E-state index contributed by atoms with van der Waals surface area (Å²) >= 11 is 1.59. The van der Waals surface area contributed by atoms with Crippen molar-refractivity contribution in [3.05, 3.63) is 16.1 Å². The zero-order valence-corrected chi connectivity index (χ0v) is 9.80. The molecular weight excluding hydrogens is 210 g/mol. The second kappa shape index (κ2) is 5.05. The minimum absolute atomic E-state index is 0.334. The molecule has 1 saturated heterocycles. The summed E-state index contributed by atoms with van der Waals surface area (Å²) < 4.78 is 5.30. The lowest BCUT2D eigenvalue weighted by atomic mass is 9.93. The molecule has 0 amide bonds. The molecule has 2 heterocycles. The zero-order chi connectivity index (χ0) is 10.7. The molecular formula is C11H17NO2S. The smallest absolute Gasteiger partial charge is 0.0900 e. The van der Waals surface area contributed by atoms with E-state index in [-0.39, 0.29) is 6.10 Å². The molecule has 1 unspecified atom stereocenters. The van der Waals surface area contributed by atoms with Crippen LogP contribution in [0, 0.1) is 12.8 Å². The predicted octanol–water partition coefficient (Wildman–Crippen LogP) is 2.30. The summed E-state index contributed by atoms with van der Waals surface area (Å²) in [5.41, 5.74) is 0. The van der Waals surface area contributed by atoms with Crippen LogP contribution >= 0.6 is 11.3 Å². The van der Waals surface area contributed by atoms with E-state index >= 15 is 0 Å². The monoisotopic (exact) mass is 227 g/mol. The maximum atomic E-state index is 10.0. The van der Waals surface area contributed by atoms with Gasteiger partial charge in [-0.3, -0.25) is 0 Å². The summed E-state index contributed by atoms with van der Waals surface area (Å²) in [5.74, 6) is 0.608. The summed E-state index contributed by atoms with van der Waals surface area (Å²) in [6.45, 7) is 3.66. The maximum absolute atomic E-state index is 10.0. The molecule has 4 heteroatoms. The lowest BCUT2D eigenvalue weighted by Crippen LogP contribution is -2.17. The third-order valence-corrected chi connectivity index (χ3v) is 3.88. The van der Waals surface area contributed by atoms with Crippen LogP contribution in [-0.2, 0) is 4.74 Å². The minimum atomic E-state index is -0.334. The van der Waals surface area contributed by atoms with Gasteiger partial charge in [0.2, 0.25) is 0 Å². The van der Waals surface area contributed by atoms with Gasteiger partial charge in [0, 0.05) is 19.4 Å². The number of nitrogens with zero attached hydrogens (tertiary/aromatic N) is 1. The van der Waals surface area contributed by atoms with Crippen LogP contribution < -0.4 is 0 Å². The molecule has 0 bridgehead atoms. The highest BCUT2D eigenvalue weighted by Crippen LogP contribution is 2.29. The van der Waals surface area contributed by atoms with Crippen molar-refractivity contribution < 1.29 is 9.84 Å². The van der Waals surface area contributed by atoms with Gasteiger partial charge in [0.15, 0.2) is 0 Å². The molecule has 0 saturated carbocycles. The van der Waals surface area contributed by atoms with Gasteiger partial charge < -0.3 is 9.84 Å². The Bertz CT molecular complexity index is 307. The molecule has 0 spiro atoms. The normalized spacial score (nSPS) is 20.4. The van der Waals surface area contributed by atoms with Crippen LogP contribution in [0.5, 0.6) is 0 Å². The number of hydrogen-bond acceptors (Lipinski definition) is 4. The fourth-order valence-corrected chi connectivity index (χ4v) is 2.73. The Morgan fingerprint density at radius 2 is 2.33 bits per heavy atom. The standard InChI is InChI=1S/C11H17NO2S/c1-8-12-7-11(15-8)10(13)6-9-2-4-14-5-3-9/h7,9-10,13H,2-6H2,1H3. The van der Waals surface area contributed by atoms with Gasteiger partial charge >= 0.3 is 0 Å². The van der Waals surface area contributed by atoms with E-state index < -0.39 is 0 Å². The average Bonchev–Trinajstić information content (AvgIpc) is 2.66. The molecule has 1 aliphatic rings. The van der Waals surface area contributed by atoms with Gasteiger partial charge in [-0.15, -0.1) is 11.3 Å². The molecule has 84 valence electrons. The van der Waals surface area contributed by atoms with Crippen LogP contribution in [0.1, 0.15) is 35.3 Å². The van der Waals surface area contributed by atoms with Crippen molar-refractivity contribution >= 4 is 11.3 Å².